The molecule has 1 atom stereocenters. The molecule has 1 aromatic rings. The maximum atomic E-state index is 12.3. The van der Waals surface area contributed by atoms with Gasteiger partial charge in [0.25, 0.3) is 0 Å². The van der Waals surface area contributed by atoms with Gasteiger partial charge in [-0.1, -0.05) is 24.3 Å². The van der Waals surface area contributed by atoms with Gasteiger partial charge in [0.1, 0.15) is 11.9 Å². The molecule has 1 amide bonds. The third-order valence-corrected chi connectivity index (χ3v) is 4.44. The Morgan fingerprint density at radius 1 is 1.22 bits per heavy atom. The maximum absolute atomic E-state index is 12.3. The molecule has 0 N–H and O–H groups in total. The Kier molecular flexibility index (Phi) is 5.12. The van der Waals surface area contributed by atoms with Crippen LogP contribution in [-0.4, -0.2) is 36.0 Å². The van der Waals surface area contributed by atoms with E-state index in [0.29, 0.717) is 19.5 Å². The van der Waals surface area contributed by atoms with E-state index in [9.17, 15) is 9.59 Å². The maximum Gasteiger partial charge on any atom is 0.410 e. The van der Waals surface area contributed by atoms with Crippen LogP contribution in [0.3, 0.4) is 0 Å². The molecule has 1 aliphatic rings. The Hall–Kier alpha value is -1.84. The first kappa shape index (κ1) is 17.5. The van der Waals surface area contributed by atoms with Crippen molar-refractivity contribution >= 4 is 12.4 Å². The molecule has 1 aromatic carbocycles. The minimum atomic E-state index is -0.499. The number of benzene rings is 1. The highest BCUT2D eigenvalue weighted by Crippen LogP contribution is 2.35. The predicted octanol–water partition coefficient (Wildman–Crippen LogP) is 3.85. The van der Waals surface area contributed by atoms with E-state index in [2.05, 4.69) is 0 Å². The van der Waals surface area contributed by atoms with Crippen LogP contribution >= 0.6 is 0 Å². The van der Waals surface area contributed by atoms with Crippen LogP contribution in [0.4, 0.5) is 4.79 Å². The molecule has 4 nitrogen and oxygen atoms in total. The fourth-order valence-corrected chi connectivity index (χ4v) is 3.25. The monoisotopic (exact) mass is 317 g/mol. The lowest BCUT2D eigenvalue weighted by molar-refractivity contribution is -0.113. The zero-order valence-electron chi connectivity index (χ0n) is 14.6. The average Bonchev–Trinajstić information content (AvgIpc) is 2.69. The van der Waals surface area contributed by atoms with Gasteiger partial charge in [0.05, 0.1) is 5.41 Å². The van der Waals surface area contributed by atoms with Crippen LogP contribution in [0.5, 0.6) is 0 Å². The van der Waals surface area contributed by atoms with Crippen LogP contribution in [0, 0.1) is 6.92 Å². The highest BCUT2D eigenvalue weighted by atomic mass is 16.6. The van der Waals surface area contributed by atoms with E-state index in [4.69, 9.17) is 4.74 Å². The normalized spacial score (nSPS) is 22.3. The molecule has 1 unspecified atom stereocenters. The van der Waals surface area contributed by atoms with Crippen molar-refractivity contribution in [1.29, 1.82) is 0 Å². The van der Waals surface area contributed by atoms with E-state index in [1.165, 1.54) is 0 Å². The molecule has 0 bridgehead atoms. The Balaban J connectivity index is 2.17. The fourth-order valence-electron chi connectivity index (χ4n) is 3.25. The molecule has 1 saturated heterocycles. The standard InChI is InChI=1S/C19H27NO3/c1-15-8-5-6-9-16(15)19(14-21)10-7-12-20(13-11-19)17(22)23-18(2,3)4/h5-6,8-9,14H,7,10-13H2,1-4H3. The molecule has 1 fully saturated rings. The van der Waals surface area contributed by atoms with Gasteiger partial charge in [-0.2, -0.15) is 0 Å². The third kappa shape index (κ3) is 4.12. The summed E-state index contributed by atoms with van der Waals surface area (Å²) >= 11 is 0. The number of rotatable bonds is 2. The second-order valence-corrected chi connectivity index (χ2v) is 7.41. The van der Waals surface area contributed by atoms with Crippen LogP contribution in [0.15, 0.2) is 24.3 Å². The lowest BCUT2D eigenvalue weighted by atomic mass is 9.74. The van der Waals surface area contributed by atoms with E-state index >= 15 is 0 Å². The second kappa shape index (κ2) is 6.73. The van der Waals surface area contributed by atoms with Crippen molar-refractivity contribution < 1.29 is 14.3 Å². The van der Waals surface area contributed by atoms with Crippen LogP contribution in [0.2, 0.25) is 0 Å². The number of likely N-dealkylation sites (tertiary alicyclic amines) is 1. The quantitative estimate of drug-likeness (QED) is 0.778. The summed E-state index contributed by atoms with van der Waals surface area (Å²) in [6.07, 6.45) is 2.99. The summed E-state index contributed by atoms with van der Waals surface area (Å²) in [6.45, 7) is 8.82. The molecule has 0 aliphatic carbocycles. The summed E-state index contributed by atoms with van der Waals surface area (Å²) in [5, 5.41) is 0. The number of aryl methyl sites for hydroxylation is 1. The Labute approximate surface area is 138 Å². The first-order valence-corrected chi connectivity index (χ1v) is 8.28. The van der Waals surface area contributed by atoms with E-state index in [-0.39, 0.29) is 6.09 Å². The first-order chi connectivity index (χ1) is 10.8. The van der Waals surface area contributed by atoms with Crippen molar-refractivity contribution in [3.8, 4) is 0 Å². The molecule has 4 heteroatoms. The Morgan fingerprint density at radius 3 is 2.52 bits per heavy atom. The predicted molar refractivity (Wildman–Crippen MR) is 90.6 cm³/mol. The minimum absolute atomic E-state index is 0.288. The summed E-state index contributed by atoms with van der Waals surface area (Å²) in [5.41, 5.74) is 1.22. The van der Waals surface area contributed by atoms with Crippen molar-refractivity contribution in [2.75, 3.05) is 13.1 Å². The minimum Gasteiger partial charge on any atom is -0.444 e. The number of nitrogens with zero attached hydrogens (tertiary/aromatic N) is 1. The molecular formula is C19H27NO3. The smallest absolute Gasteiger partial charge is 0.410 e. The number of ether oxygens (including phenoxy) is 1. The molecular weight excluding hydrogens is 290 g/mol. The van der Waals surface area contributed by atoms with Gasteiger partial charge in [0, 0.05) is 13.1 Å². The zero-order valence-corrected chi connectivity index (χ0v) is 14.6. The molecule has 23 heavy (non-hydrogen) atoms. The van der Waals surface area contributed by atoms with Crippen molar-refractivity contribution in [3.63, 3.8) is 0 Å². The van der Waals surface area contributed by atoms with E-state index in [1.807, 2.05) is 52.0 Å². The van der Waals surface area contributed by atoms with Crippen molar-refractivity contribution in [1.82, 2.24) is 4.90 Å². The molecule has 2 rings (SSSR count). The van der Waals surface area contributed by atoms with Crippen molar-refractivity contribution in [3.05, 3.63) is 35.4 Å². The summed E-state index contributed by atoms with van der Waals surface area (Å²) in [5.74, 6) is 0. The number of aldehydes is 1. The molecule has 1 heterocycles. The van der Waals surface area contributed by atoms with Crippen LogP contribution in [-0.2, 0) is 14.9 Å². The van der Waals surface area contributed by atoms with Gasteiger partial charge >= 0.3 is 6.09 Å². The van der Waals surface area contributed by atoms with E-state index < -0.39 is 11.0 Å². The Morgan fingerprint density at radius 2 is 1.91 bits per heavy atom. The molecule has 0 saturated carbocycles. The summed E-state index contributed by atoms with van der Waals surface area (Å²) in [7, 11) is 0. The average molecular weight is 317 g/mol. The van der Waals surface area contributed by atoms with Crippen LogP contribution in [0.25, 0.3) is 0 Å². The second-order valence-electron chi connectivity index (χ2n) is 7.41. The molecule has 126 valence electrons. The van der Waals surface area contributed by atoms with Gasteiger partial charge in [0.2, 0.25) is 0 Å². The topological polar surface area (TPSA) is 46.6 Å². The molecule has 0 spiro atoms. The lowest BCUT2D eigenvalue weighted by Crippen LogP contribution is -2.38. The van der Waals surface area contributed by atoms with Gasteiger partial charge in [0.15, 0.2) is 0 Å². The van der Waals surface area contributed by atoms with Gasteiger partial charge in [-0.25, -0.2) is 4.79 Å². The van der Waals surface area contributed by atoms with E-state index in [1.54, 1.807) is 4.90 Å². The number of hydrogen-bond donors (Lipinski definition) is 0. The summed E-state index contributed by atoms with van der Waals surface area (Å²) in [6, 6.07) is 8.04. The van der Waals surface area contributed by atoms with E-state index in [0.717, 1.165) is 30.3 Å². The first-order valence-electron chi connectivity index (χ1n) is 8.28. The Bertz CT molecular complexity index is 576. The third-order valence-electron chi connectivity index (χ3n) is 4.44. The van der Waals surface area contributed by atoms with Crippen LogP contribution < -0.4 is 0 Å². The lowest BCUT2D eigenvalue weighted by Gasteiger charge is -2.29. The largest absolute Gasteiger partial charge is 0.444 e. The number of carbonyl (C=O) groups is 2. The van der Waals surface area contributed by atoms with Gasteiger partial charge in [-0.05, 0) is 58.1 Å². The summed E-state index contributed by atoms with van der Waals surface area (Å²) < 4.78 is 5.46. The number of hydrogen-bond acceptors (Lipinski definition) is 3. The van der Waals surface area contributed by atoms with Gasteiger partial charge < -0.3 is 14.4 Å². The summed E-state index contributed by atoms with van der Waals surface area (Å²) in [4.78, 5) is 26.0. The molecule has 0 radical (unpaired) electrons. The number of amides is 1. The van der Waals surface area contributed by atoms with Gasteiger partial charge in [-0.15, -0.1) is 0 Å². The highest BCUT2D eigenvalue weighted by molar-refractivity contribution is 5.71. The zero-order chi connectivity index (χ0) is 17.1. The number of carbonyl (C=O) groups excluding carboxylic acids is 2. The highest BCUT2D eigenvalue weighted by Gasteiger charge is 2.36. The SMILES string of the molecule is Cc1ccccc1C1(C=O)CCCN(C(=O)OC(C)(C)C)CC1. The van der Waals surface area contributed by atoms with Crippen molar-refractivity contribution in [2.24, 2.45) is 0 Å². The molecule has 0 aromatic heterocycles. The molecule has 1 aliphatic heterocycles. The van der Waals surface area contributed by atoms with Gasteiger partial charge in [-0.3, -0.25) is 0 Å². The fraction of sp³-hybridized carbons (Fsp3) is 0.579. The van der Waals surface area contributed by atoms with Crippen molar-refractivity contribution in [2.45, 2.75) is 58.0 Å². The van der Waals surface area contributed by atoms with Crippen LogP contribution in [0.1, 0.15) is 51.2 Å².